The van der Waals surface area contributed by atoms with Gasteiger partial charge in [-0.1, -0.05) is 6.92 Å². The molecule has 1 N–H and O–H groups in total. The van der Waals surface area contributed by atoms with Gasteiger partial charge in [0.25, 0.3) is 0 Å². The van der Waals surface area contributed by atoms with Gasteiger partial charge in [0, 0.05) is 19.5 Å². The van der Waals surface area contributed by atoms with E-state index in [0.717, 1.165) is 50.8 Å². The number of hydrazine groups is 1. The Morgan fingerprint density at radius 2 is 2.00 bits per heavy atom. The lowest BCUT2D eigenvalue weighted by molar-refractivity contribution is 0.00940. The number of ether oxygens (including phenoxy) is 1. The molecule has 1 saturated heterocycles. The standard InChI is InChI=1S/C11H18N2O2/c1-2-10-3-4-11(15-10)9-12-13-5-7-14-8-6-13/h3-4,12H,2,5-9H2,1H3. The maximum absolute atomic E-state index is 5.60. The van der Waals surface area contributed by atoms with E-state index < -0.39 is 0 Å². The van der Waals surface area contributed by atoms with E-state index in [1.807, 2.05) is 12.1 Å². The quantitative estimate of drug-likeness (QED) is 0.809. The topological polar surface area (TPSA) is 37.6 Å². The first-order chi connectivity index (χ1) is 7.38. The highest BCUT2D eigenvalue weighted by molar-refractivity contribution is 5.06. The molecular weight excluding hydrogens is 192 g/mol. The van der Waals surface area contributed by atoms with Gasteiger partial charge in [-0.2, -0.15) is 0 Å². The monoisotopic (exact) mass is 210 g/mol. The van der Waals surface area contributed by atoms with Crippen molar-refractivity contribution in [2.75, 3.05) is 26.3 Å². The summed E-state index contributed by atoms with van der Waals surface area (Å²) in [6.45, 7) is 6.37. The van der Waals surface area contributed by atoms with Gasteiger partial charge in [-0.15, -0.1) is 0 Å². The summed E-state index contributed by atoms with van der Waals surface area (Å²) in [5, 5.41) is 2.18. The van der Waals surface area contributed by atoms with E-state index >= 15 is 0 Å². The Balaban J connectivity index is 1.76. The molecule has 0 atom stereocenters. The van der Waals surface area contributed by atoms with Gasteiger partial charge < -0.3 is 9.15 Å². The summed E-state index contributed by atoms with van der Waals surface area (Å²) >= 11 is 0. The fraction of sp³-hybridized carbons (Fsp3) is 0.636. The van der Waals surface area contributed by atoms with Crippen molar-refractivity contribution in [1.29, 1.82) is 0 Å². The molecule has 2 heterocycles. The zero-order chi connectivity index (χ0) is 10.5. The predicted molar refractivity (Wildman–Crippen MR) is 57.3 cm³/mol. The molecule has 1 aliphatic rings. The molecule has 1 aromatic heterocycles. The lowest BCUT2D eigenvalue weighted by atomic mass is 10.3. The number of morpholine rings is 1. The molecule has 0 amide bonds. The molecule has 4 nitrogen and oxygen atoms in total. The first kappa shape index (κ1) is 10.7. The van der Waals surface area contributed by atoms with Crippen molar-refractivity contribution in [1.82, 2.24) is 10.4 Å². The lowest BCUT2D eigenvalue weighted by Gasteiger charge is -2.26. The van der Waals surface area contributed by atoms with Crippen molar-refractivity contribution in [3.8, 4) is 0 Å². The van der Waals surface area contributed by atoms with Crippen LogP contribution in [0.15, 0.2) is 16.5 Å². The average molecular weight is 210 g/mol. The molecule has 0 spiro atoms. The number of hydrogen-bond acceptors (Lipinski definition) is 4. The van der Waals surface area contributed by atoms with E-state index in [1.165, 1.54) is 0 Å². The van der Waals surface area contributed by atoms with Gasteiger partial charge in [0.2, 0.25) is 0 Å². The molecule has 2 rings (SSSR count). The van der Waals surface area contributed by atoms with E-state index in [-0.39, 0.29) is 0 Å². The van der Waals surface area contributed by atoms with Crippen LogP contribution in [0.3, 0.4) is 0 Å². The normalized spacial score (nSPS) is 18.2. The Kier molecular flexibility index (Phi) is 3.77. The SMILES string of the molecule is CCc1ccc(CNN2CCOCC2)o1. The second kappa shape index (κ2) is 5.30. The van der Waals surface area contributed by atoms with Crippen molar-refractivity contribution in [3.63, 3.8) is 0 Å². The Morgan fingerprint density at radius 3 is 2.67 bits per heavy atom. The number of nitrogens with one attached hydrogen (secondary N) is 1. The predicted octanol–water partition coefficient (Wildman–Crippen LogP) is 1.18. The third kappa shape index (κ3) is 3.06. The molecule has 1 aliphatic heterocycles. The van der Waals surface area contributed by atoms with Crippen LogP contribution in [0.25, 0.3) is 0 Å². The number of furan rings is 1. The molecule has 84 valence electrons. The molecule has 1 aromatic rings. The van der Waals surface area contributed by atoms with Crippen LogP contribution in [-0.4, -0.2) is 31.3 Å². The van der Waals surface area contributed by atoms with Gasteiger partial charge in [0.05, 0.1) is 19.8 Å². The van der Waals surface area contributed by atoms with Gasteiger partial charge in [-0.05, 0) is 12.1 Å². The highest BCUT2D eigenvalue weighted by Crippen LogP contribution is 2.08. The second-order valence-corrected chi connectivity index (χ2v) is 3.66. The van der Waals surface area contributed by atoms with Crippen LogP contribution in [0.2, 0.25) is 0 Å². The molecule has 0 aromatic carbocycles. The lowest BCUT2D eigenvalue weighted by Crippen LogP contribution is -2.45. The second-order valence-electron chi connectivity index (χ2n) is 3.66. The molecule has 0 unspecified atom stereocenters. The Bertz CT molecular complexity index is 293. The summed E-state index contributed by atoms with van der Waals surface area (Å²) in [5.74, 6) is 2.05. The average Bonchev–Trinajstić information content (AvgIpc) is 2.76. The molecular formula is C11H18N2O2. The molecule has 0 bridgehead atoms. The highest BCUT2D eigenvalue weighted by Gasteiger charge is 2.10. The maximum Gasteiger partial charge on any atom is 0.119 e. The summed E-state index contributed by atoms with van der Waals surface area (Å²) in [6, 6.07) is 4.07. The highest BCUT2D eigenvalue weighted by atomic mass is 16.5. The summed E-state index contributed by atoms with van der Waals surface area (Å²) in [7, 11) is 0. The summed E-state index contributed by atoms with van der Waals surface area (Å²) in [6.07, 6.45) is 0.956. The third-order valence-electron chi connectivity index (χ3n) is 2.55. The van der Waals surface area contributed by atoms with E-state index in [0.29, 0.717) is 0 Å². The minimum atomic E-state index is 0.764. The van der Waals surface area contributed by atoms with Crippen LogP contribution >= 0.6 is 0 Å². The van der Waals surface area contributed by atoms with Gasteiger partial charge in [0.15, 0.2) is 0 Å². The van der Waals surface area contributed by atoms with E-state index in [4.69, 9.17) is 9.15 Å². The largest absolute Gasteiger partial charge is 0.465 e. The Labute approximate surface area is 90.2 Å². The molecule has 4 heteroatoms. The van der Waals surface area contributed by atoms with Crippen LogP contribution in [0.5, 0.6) is 0 Å². The Morgan fingerprint density at radius 1 is 1.27 bits per heavy atom. The van der Waals surface area contributed by atoms with E-state index in [2.05, 4.69) is 17.4 Å². The van der Waals surface area contributed by atoms with Crippen LogP contribution in [-0.2, 0) is 17.7 Å². The van der Waals surface area contributed by atoms with Gasteiger partial charge in [0.1, 0.15) is 11.5 Å². The van der Waals surface area contributed by atoms with Crippen LogP contribution < -0.4 is 5.43 Å². The van der Waals surface area contributed by atoms with Crippen molar-refractivity contribution in [2.24, 2.45) is 0 Å². The molecule has 1 fully saturated rings. The zero-order valence-corrected chi connectivity index (χ0v) is 9.16. The number of aryl methyl sites for hydroxylation is 1. The van der Waals surface area contributed by atoms with Gasteiger partial charge >= 0.3 is 0 Å². The first-order valence-electron chi connectivity index (χ1n) is 5.52. The molecule has 0 saturated carbocycles. The minimum absolute atomic E-state index is 0.764. The van der Waals surface area contributed by atoms with Crippen molar-refractivity contribution in [3.05, 3.63) is 23.7 Å². The summed E-state index contributed by atoms with van der Waals surface area (Å²) in [4.78, 5) is 0. The Hall–Kier alpha value is -0.840. The van der Waals surface area contributed by atoms with Crippen molar-refractivity contribution >= 4 is 0 Å². The fourth-order valence-corrected chi connectivity index (χ4v) is 1.62. The van der Waals surface area contributed by atoms with Gasteiger partial charge in [-0.25, -0.2) is 10.4 Å². The number of hydrogen-bond donors (Lipinski definition) is 1. The van der Waals surface area contributed by atoms with Crippen LogP contribution in [0, 0.1) is 0 Å². The smallest absolute Gasteiger partial charge is 0.119 e. The molecule has 0 radical (unpaired) electrons. The van der Waals surface area contributed by atoms with Gasteiger partial charge in [-0.3, -0.25) is 0 Å². The van der Waals surface area contributed by atoms with Crippen LogP contribution in [0.1, 0.15) is 18.4 Å². The van der Waals surface area contributed by atoms with Crippen LogP contribution in [0.4, 0.5) is 0 Å². The first-order valence-corrected chi connectivity index (χ1v) is 5.52. The molecule has 15 heavy (non-hydrogen) atoms. The minimum Gasteiger partial charge on any atom is -0.465 e. The third-order valence-corrected chi connectivity index (χ3v) is 2.55. The zero-order valence-electron chi connectivity index (χ0n) is 9.16. The summed E-state index contributed by atoms with van der Waals surface area (Å²) < 4.78 is 10.9. The summed E-state index contributed by atoms with van der Waals surface area (Å²) in [5.41, 5.74) is 3.33. The van der Waals surface area contributed by atoms with Crippen molar-refractivity contribution < 1.29 is 9.15 Å². The maximum atomic E-state index is 5.60. The number of nitrogens with zero attached hydrogens (tertiary/aromatic N) is 1. The van der Waals surface area contributed by atoms with Crippen molar-refractivity contribution in [2.45, 2.75) is 19.9 Å². The van der Waals surface area contributed by atoms with E-state index in [9.17, 15) is 0 Å². The molecule has 0 aliphatic carbocycles. The number of rotatable bonds is 4. The van der Waals surface area contributed by atoms with E-state index in [1.54, 1.807) is 0 Å². The fourth-order valence-electron chi connectivity index (χ4n) is 1.62.